The number of thiazole rings is 1. The van der Waals surface area contributed by atoms with Crippen molar-refractivity contribution in [2.45, 2.75) is 13.0 Å². The average Bonchev–Trinajstić information content (AvgIpc) is 2.63. The number of amides is 1. The maximum Gasteiger partial charge on any atom is 0.263 e. The highest BCUT2D eigenvalue weighted by Crippen LogP contribution is 2.19. The molecule has 0 fully saturated rings. The standard InChI is InChI=1S/C10H17N3O3S/c1-6-8(17-10(11)13-6)9(14)12-4-7(16-3)5-15-2/h7H,4-5H2,1-3H3,(H2,11,13)(H,12,14). The molecule has 0 saturated carbocycles. The lowest BCUT2D eigenvalue weighted by Gasteiger charge is -2.14. The van der Waals surface area contributed by atoms with Gasteiger partial charge in [-0.05, 0) is 6.92 Å². The van der Waals surface area contributed by atoms with Crippen molar-refractivity contribution >= 4 is 22.4 Å². The Morgan fingerprint density at radius 3 is 2.76 bits per heavy atom. The number of anilines is 1. The molecule has 1 unspecified atom stereocenters. The Kier molecular flexibility index (Phi) is 5.33. The maximum absolute atomic E-state index is 11.8. The van der Waals surface area contributed by atoms with Crippen LogP contribution in [0.2, 0.25) is 0 Å². The third-order valence-corrected chi connectivity index (χ3v) is 3.18. The van der Waals surface area contributed by atoms with Gasteiger partial charge in [0.15, 0.2) is 5.13 Å². The summed E-state index contributed by atoms with van der Waals surface area (Å²) in [6, 6.07) is 0. The van der Waals surface area contributed by atoms with E-state index in [1.165, 1.54) is 11.3 Å². The van der Waals surface area contributed by atoms with Crippen LogP contribution in [0, 0.1) is 6.92 Å². The first-order chi connectivity index (χ1) is 8.08. The van der Waals surface area contributed by atoms with Gasteiger partial charge in [-0.1, -0.05) is 11.3 Å². The van der Waals surface area contributed by atoms with Gasteiger partial charge in [0, 0.05) is 20.8 Å². The van der Waals surface area contributed by atoms with Crippen LogP contribution >= 0.6 is 11.3 Å². The molecular formula is C10H17N3O3S. The number of aryl methyl sites for hydroxylation is 1. The number of ether oxygens (including phenoxy) is 2. The highest BCUT2D eigenvalue weighted by Gasteiger charge is 2.15. The molecule has 3 N–H and O–H groups in total. The Morgan fingerprint density at radius 1 is 1.59 bits per heavy atom. The Balaban J connectivity index is 2.52. The van der Waals surface area contributed by atoms with Gasteiger partial charge in [-0.15, -0.1) is 0 Å². The van der Waals surface area contributed by atoms with Crippen LogP contribution in [0.25, 0.3) is 0 Å². The lowest BCUT2D eigenvalue weighted by molar-refractivity contribution is 0.0285. The quantitative estimate of drug-likeness (QED) is 0.773. The number of methoxy groups -OCH3 is 2. The van der Waals surface area contributed by atoms with Gasteiger partial charge >= 0.3 is 0 Å². The summed E-state index contributed by atoms with van der Waals surface area (Å²) in [6.07, 6.45) is -0.158. The van der Waals surface area contributed by atoms with E-state index in [2.05, 4.69) is 10.3 Å². The first-order valence-corrected chi connectivity index (χ1v) is 5.93. The van der Waals surface area contributed by atoms with E-state index in [-0.39, 0.29) is 12.0 Å². The largest absolute Gasteiger partial charge is 0.382 e. The second-order valence-corrected chi connectivity index (χ2v) is 4.52. The lowest BCUT2D eigenvalue weighted by atomic mass is 10.3. The lowest BCUT2D eigenvalue weighted by Crippen LogP contribution is -2.35. The normalized spacial score (nSPS) is 12.4. The molecule has 0 radical (unpaired) electrons. The van der Waals surface area contributed by atoms with Crippen molar-refractivity contribution in [3.63, 3.8) is 0 Å². The van der Waals surface area contributed by atoms with Gasteiger partial charge in [0.05, 0.1) is 18.4 Å². The summed E-state index contributed by atoms with van der Waals surface area (Å²) in [6.45, 7) is 2.58. The van der Waals surface area contributed by atoms with Crippen molar-refractivity contribution < 1.29 is 14.3 Å². The molecule has 0 saturated heterocycles. The van der Waals surface area contributed by atoms with E-state index in [9.17, 15) is 4.79 Å². The van der Waals surface area contributed by atoms with Gasteiger partial charge in [0.2, 0.25) is 0 Å². The summed E-state index contributed by atoms with van der Waals surface area (Å²) < 4.78 is 10.1. The number of nitrogens with two attached hydrogens (primary N) is 1. The Hall–Kier alpha value is -1.18. The van der Waals surface area contributed by atoms with Crippen LogP contribution in [-0.4, -0.2) is 44.4 Å². The monoisotopic (exact) mass is 259 g/mol. The van der Waals surface area contributed by atoms with E-state index in [0.717, 1.165) is 0 Å². The van der Waals surface area contributed by atoms with Gasteiger partial charge in [0.25, 0.3) is 5.91 Å². The Bertz CT molecular complexity index is 381. The molecule has 17 heavy (non-hydrogen) atoms. The number of hydrogen-bond acceptors (Lipinski definition) is 6. The van der Waals surface area contributed by atoms with Crippen molar-refractivity contribution in [1.29, 1.82) is 0 Å². The first kappa shape index (κ1) is 13.9. The molecule has 0 aliphatic rings. The van der Waals surface area contributed by atoms with Crippen LogP contribution in [0.4, 0.5) is 5.13 Å². The zero-order valence-corrected chi connectivity index (χ0v) is 11.0. The van der Waals surface area contributed by atoms with E-state index in [1.54, 1.807) is 21.1 Å². The number of carbonyl (C=O) groups is 1. The molecule has 1 amide bonds. The van der Waals surface area contributed by atoms with Gasteiger partial charge < -0.3 is 20.5 Å². The number of carbonyl (C=O) groups excluding carboxylic acids is 1. The zero-order valence-electron chi connectivity index (χ0n) is 10.1. The van der Waals surface area contributed by atoms with E-state index < -0.39 is 0 Å². The van der Waals surface area contributed by atoms with Crippen LogP contribution in [-0.2, 0) is 9.47 Å². The molecule has 0 aliphatic heterocycles. The number of nitrogens with zero attached hydrogens (tertiary/aromatic N) is 1. The molecule has 0 aromatic carbocycles. The van der Waals surface area contributed by atoms with Crippen LogP contribution in [0.3, 0.4) is 0 Å². The van der Waals surface area contributed by atoms with Gasteiger partial charge in [-0.3, -0.25) is 4.79 Å². The fourth-order valence-electron chi connectivity index (χ4n) is 1.31. The summed E-state index contributed by atoms with van der Waals surface area (Å²) in [5.74, 6) is -0.185. The number of nitrogen functional groups attached to an aromatic ring is 1. The number of nitrogens with one attached hydrogen (secondary N) is 1. The van der Waals surface area contributed by atoms with E-state index in [1.807, 2.05) is 0 Å². The molecule has 1 aromatic rings. The van der Waals surface area contributed by atoms with Crippen LogP contribution in [0.5, 0.6) is 0 Å². The minimum absolute atomic E-state index is 0.158. The first-order valence-electron chi connectivity index (χ1n) is 5.11. The Labute approximate surface area is 104 Å². The second kappa shape index (κ2) is 6.53. The van der Waals surface area contributed by atoms with Crippen molar-refractivity contribution in [3.05, 3.63) is 10.6 Å². The van der Waals surface area contributed by atoms with Crippen molar-refractivity contribution in [3.8, 4) is 0 Å². The molecule has 1 heterocycles. The molecule has 6 nitrogen and oxygen atoms in total. The van der Waals surface area contributed by atoms with E-state index in [4.69, 9.17) is 15.2 Å². The second-order valence-electron chi connectivity index (χ2n) is 3.49. The fraction of sp³-hybridized carbons (Fsp3) is 0.600. The predicted molar refractivity (Wildman–Crippen MR) is 66.3 cm³/mol. The topological polar surface area (TPSA) is 86.5 Å². The van der Waals surface area contributed by atoms with E-state index >= 15 is 0 Å². The van der Waals surface area contributed by atoms with Crippen LogP contribution in [0.1, 0.15) is 15.4 Å². The molecule has 96 valence electrons. The number of hydrogen-bond donors (Lipinski definition) is 2. The van der Waals surface area contributed by atoms with E-state index in [0.29, 0.717) is 28.9 Å². The third kappa shape index (κ3) is 3.95. The Morgan fingerprint density at radius 2 is 2.29 bits per heavy atom. The molecule has 1 aromatic heterocycles. The van der Waals surface area contributed by atoms with Gasteiger partial charge in [-0.25, -0.2) is 4.98 Å². The molecule has 1 atom stereocenters. The maximum atomic E-state index is 11.8. The van der Waals surface area contributed by atoms with Gasteiger partial charge in [-0.2, -0.15) is 0 Å². The summed E-state index contributed by atoms with van der Waals surface area (Å²) >= 11 is 1.18. The molecule has 7 heteroatoms. The smallest absolute Gasteiger partial charge is 0.263 e. The van der Waals surface area contributed by atoms with Gasteiger partial charge in [0.1, 0.15) is 4.88 Å². The fourth-order valence-corrected chi connectivity index (χ4v) is 2.06. The zero-order chi connectivity index (χ0) is 12.8. The molecular weight excluding hydrogens is 242 g/mol. The average molecular weight is 259 g/mol. The number of rotatable bonds is 6. The van der Waals surface area contributed by atoms with Crippen LogP contribution < -0.4 is 11.1 Å². The summed E-state index contributed by atoms with van der Waals surface area (Å²) in [5, 5.41) is 3.16. The minimum Gasteiger partial charge on any atom is -0.382 e. The molecule has 0 spiro atoms. The molecule has 1 rings (SSSR count). The minimum atomic E-state index is -0.185. The number of aromatic nitrogens is 1. The molecule has 0 bridgehead atoms. The predicted octanol–water partition coefficient (Wildman–Crippen LogP) is 0.425. The summed E-state index contributed by atoms with van der Waals surface area (Å²) in [7, 11) is 3.16. The summed E-state index contributed by atoms with van der Waals surface area (Å²) in [4.78, 5) is 16.3. The summed E-state index contributed by atoms with van der Waals surface area (Å²) in [5.41, 5.74) is 6.17. The SMILES string of the molecule is COCC(CNC(=O)c1sc(N)nc1C)OC. The van der Waals surface area contributed by atoms with Crippen molar-refractivity contribution in [2.75, 3.05) is 33.1 Å². The third-order valence-electron chi connectivity index (χ3n) is 2.20. The van der Waals surface area contributed by atoms with Crippen molar-refractivity contribution in [2.24, 2.45) is 0 Å². The van der Waals surface area contributed by atoms with Crippen molar-refractivity contribution in [1.82, 2.24) is 10.3 Å². The highest BCUT2D eigenvalue weighted by molar-refractivity contribution is 7.17. The van der Waals surface area contributed by atoms with Crippen LogP contribution in [0.15, 0.2) is 0 Å². The highest BCUT2D eigenvalue weighted by atomic mass is 32.1. The molecule has 0 aliphatic carbocycles.